The van der Waals surface area contributed by atoms with Gasteiger partial charge in [-0.15, -0.1) is 0 Å². The van der Waals surface area contributed by atoms with Gasteiger partial charge in [0.1, 0.15) is 6.16 Å². The van der Waals surface area contributed by atoms with E-state index in [1.54, 1.807) is 0 Å². The quantitative estimate of drug-likeness (QED) is 0.458. The van der Waals surface area contributed by atoms with Crippen LogP contribution in [0.3, 0.4) is 0 Å². The van der Waals surface area contributed by atoms with E-state index in [4.69, 9.17) is 19.8 Å². The molecule has 0 heterocycles. The van der Waals surface area contributed by atoms with Crippen molar-refractivity contribution in [2.75, 3.05) is 6.16 Å². The fourth-order valence-corrected chi connectivity index (χ4v) is 2.27. The minimum Gasteiger partial charge on any atom is -0.481 e. The van der Waals surface area contributed by atoms with Crippen LogP contribution in [0.4, 0.5) is 0 Å². The Morgan fingerprint density at radius 2 is 1.67 bits per heavy atom. The molecule has 72 valence electrons. The van der Waals surface area contributed by atoms with E-state index in [0.29, 0.717) is 0 Å². The van der Waals surface area contributed by atoms with E-state index in [0.717, 1.165) is 0 Å². The van der Waals surface area contributed by atoms with Crippen LogP contribution in [0.1, 0.15) is 0 Å². The van der Waals surface area contributed by atoms with Crippen LogP contribution in [0.25, 0.3) is 0 Å². The zero-order valence-electron chi connectivity index (χ0n) is 5.52. The van der Waals surface area contributed by atoms with E-state index < -0.39 is 27.5 Å². The highest BCUT2D eigenvalue weighted by atomic mass is 31.3. The second kappa shape index (κ2) is 3.66. The third-order valence-corrected chi connectivity index (χ3v) is 3.11. The van der Waals surface area contributed by atoms with E-state index in [1.807, 2.05) is 0 Å². The van der Waals surface area contributed by atoms with Crippen molar-refractivity contribution in [3.63, 3.8) is 0 Å². The summed E-state index contributed by atoms with van der Waals surface area (Å²) in [6.45, 7) is 0. The second-order valence-electron chi connectivity index (χ2n) is 1.76. The number of rotatable bonds is 4. The molecule has 0 aromatic carbocycles. The van der Waals surface area contributed by atoms with Crippen LogP contribution in [0.5, 0.6) is 0 Å². The monoisotopic (exact) mass is 220 g/mol. The van der Waals surface area contributed by atoms with Gasteiger partial charge in [0.05, 0.1) is 0 Å². The van der Waals surface area contributed by atoms with Gasteiger partial charge < -0.3 is 19.8 Å². The standard InChI is InChI=1S/C2H6O8P2/c3-2(4)1-11(5,6)10-12(7,8)9/h1H2,(H,3,4)(H,5,6)(H2,7,8,9). The maximum absolute atomic E-state index is 10.5. The summed E-state index contributed by atoms with van der Waals surface area (Å²) < 4.78 is 23.8. The molecule has 12 heavy (non-hydrogen) atoms. The first-order valence-electron chi connectivity index (χ1n) is 2.43. The summed E-state index contributed by atoms with van der Waals surface area (Å²) in [5.41, 5.74) is 0. The number of hydrogen-bond acceptors (Lipinski definition) is 4. The van der Waals surface area contributed by atoms with Gasteiger partial charge in [0.2, 0.25) is 0 Å². The highest BCUT2D eigenvalue weighted by Gasteiger charge is 2.32. The van der Waals surface area contributed by atoms with E-state index in [2.05, 4.69) is 4.31 Å². The van der Waals surface area contributed by atoms with Gasteiger partial charge in [-0.3, -0.25) is 9.36 Å². The average molecular weight is 220 g/mol. The van der Waals surface area contributed by atoms with Crippen LogP contribution < -0.4 is 0 Å². The minimum atomic E-state index is -5.12. The second-order valence-corrected chi connectivity index (χ2v) is 4.99. The zero-order chi connectivity index (χ0) is 9.99. The van der Waals surface area contributed by atoms with Gasteiger partial charge in [-0.25, -0.2) is 8.88 Å². The lowest BCUT2D eigenvalue weighted by atomic mass is 10.8. The number of carboxylic acids is 1. The maximum Gasteiger partial charge on any atom is 0.476 e. The lowest BCUT2D eigenvalue weighted by molar-refractivity contribution is -0.134. The van der Waals surface area contributed by atoms with Gasteiger partial charge in [0, 0.05) is 0 Å². The Bertz CT molecular complexity index is 262. The minimum absolute atomic E-state index is 1.35. The van der Waals surface area contributed by atoms with E-state index in [-0.39, 0.29) is 0 Å². The number of carbonyl (C=O) groups is 1. The summed E-state index contributed by atoms with van der Waals surface area (Å²) >= 11 is 0. The van der Waals surface area contributed by atoms with Crippen molar-refractivity contribution in [3.05, 3.63) is 0 Å². The zero-order valence-corrected chi connectivity index (χ0v) is 7.31. The van der Waals surface area contributed by atoms with Crippen LogP contribution in [0.15, 0.2) is 0 Å². The van der Waals surface area contributed by atoms with Gasteiger partial charge in [0.15, 0.2) is 0 Å². The molecular formula is C2H6O8P2. The molecule has 0 fully saturated rings. The molecule has 0 aliphatic heterocycles. The molecule has 0 rings (SSSR count). The Balaban J connectivity index is 4.35. The molecular weight excluding hydrogens is 214 g/mol. The van der Waals surface area contributed by atoms with Gasteiger partial charge in [0.25, 0.3) is 0 Å². The molecule has 1 atom stereocenters. The Labute approximate surface area is 66.6 Å². The van der Waals surface area contributed by atoms with Crippen LogP contribution >= 0.6 is 15.4 Å². The van der Waals surface area contributed by atoms with Crippen molar-refractivity contribution in [1.82, 2.24) is 0 Å². The van der Waals surface area contributed by atoms with Crippen molar-refractivity contribution in [2.45, 2.75) is 0 Å². The van der Waals surface area contributed by atoms with E-state index >= 15 is 0 Å². The first kappa shape index (κ1) is 11.8. The summed E-state index contributed by atoms with van der Waals surface area (Å²) in [7, 11) is -9.85. The van der Waals surface area contributed by atoms with Gasteiger partial charge >= 0.3 is 21.4 Å². The molecule has 0 aromatic heterocycles. The number of hydrogen-bond donors (Lipinski definition) is 4. The third-order valence-electron chi connectivity index (χ3n) is 0.569. The molecule has 0 saturated carbocycles. The average Bonchev–Trinajstić information content (AvgIpc) is 1.48. The Kier molecular flexibility index (Phi) is 3.59. The third kappa shape index (κ3) is 6.48. The van der Waals surface area contributed by atoms with Crippen molar-refractivity contribution in [1.29, 1.82) is 0 Å². The number of carboxylic acid groups (broad SMARTS) is 1. The fraction of sp³-hybridized carbons (Fsp3) is 0.500. The van der Waals surface area contributed by atoms with Gasteiger partial charge in [-0.05, 0) is 0 Å². The van der Waals surface area contributed by atoms with Gasteiger partial charge in [-0.1, -0.05) is 0 Å². The summed E-state index contributed by atoms with van der Waals surface area (Å²) in [6.07, 6.45) is -1.35. The number of phosphoric acid groups is 1. The van der Waals surface area contributed by atoms with Crippen LogP contribution in [0.2, 0.25) is 0 Å². The predicted octanol–water partition coefficient (Wildman–Crippen LogP) is -0.634. The molecule has 0 spiro atoms. The molecule has 1 unspecified atom stereocenters. The van der Waals surface area contributed by atoms with Crippen LogP contribution in [-0.2, 0) is 18.2 Å². The van der Waals surface area contributed by atoms with Crippen LogP contribution in [-0.4, -0.2) is 31.9 Å². The summed E-state index contributed by atoms with van der Waals surface area (Å²) in [6, 6.07) is 0. The largest absolute Gasteiger partial charge is 0.481 e. The molecule has 4 N–H and O–H groups in total. The molecule has 0 saturated heterocycles. The topological polar surface area (TPSA) is 141 Å². The SMILES string of the molecule is O=C(O)CP(=O)(O)OP(=O)(O)O. The number of aliphatic carboxylic acids is 1. The first-order chi connectivity index (χ1) is 5.12. The molecule has 0 aliphatic carbocycles. The van der Waals surface area contributed by atoms with Crippen molar-refractivity contribution in [2.24, 2.45) is 0 Å². The lowest BCUT2D eigenvalue weighted by Crippen LogP contribution is -2.04. The van der Waals surface area contributed by atoms with Crippen LogP contribution in [0, 0.1) is 0 Å². The Hall–Kier alpha value is -0.230. The molecule has 0 aromatic rings. The van der Waals surface area contributed by atoms with Crippen molar-refractivity contribution < 1.29 is 38.0 Å². The van der Waals surface area contributed by atoms with Crippen molar-refractivity contribution in [3.8, 4) is 0 Å². The van der Waals surface area contributed by atoms with Gasteiger partial charge in [-0.2, -0.15) is 0 Å². The maximum atomic E-state index is 10.5. The van der Waals surface area contributed by atoms with E-state index in [9.17, 15) is 13.9 Å². The molecule has 0 radical (unpaired) electrons. The predicted molar refractivity (Wildman–Crippen MR) is 35.5 cm³/mol. The normalized spacial score (nSPS) is 16.9. The fourth-order valence-electron chi connectivity index (χ4n) is 0.366. The highest BCUT2D eigenvalue weighted by molar-refractivity contribution is 7.64. The highest BCUT2D eigenvalue weighted by Crippen LogP contribution is 2.56. The summed E-state index contributed by atoms with van der Waals surface area (Å²) in [4.78, 5) is 34.4. The molecule has 0 bridgehead atoms. The molecule has 8 nitrogen and oxygen atoms in total. The molecule has 0 aliphatic rings. The smallest absolute Gasteiger partial charge is 0.476 e. The Morgan fingerprint density at radius 1 is 1.25 bits per heavy atom. The molecule has 10 heteroatoms. The summed E-state index contributed by atoms with van der Waals surface area (Å²) in [5, 5.41) is 7.98. The van der Waals surface area contributed by atoms with Crippen molar-refractivity contribution >= 4 is 21.4 Å². The summed E-state index contributed by atoms with van der Waals surface area (Å²) in [5.74, 6) is -1.69. The lowest BCUT2D eigenvalue weighted by Gasteiger charge is -2.09. The Morgan fingerprint density at radius 3 is 1.92 bits per heavy atom. The first-order valence-corrected chi connectivity index (χ1v) is 5.72. The molecule has 0 amide bonds. The van der Waals surface area contributed by atoms with E-state index in [1.165, 1.54) is 0 Å².